The van der Waals surface area contributed by atoms with Crippen molar-refractivity contribution in [2.45, 2.75) is 57.5 Å². The molecule has 1 fully saturated rings. The van der Waals surface area contributed by atoms with Crippen LogP contribution in [0.2, 0.25) is 0 Å². The first-order chi connectivity index (χ1) is 9.18. The largest absolute Gasteiger partial charge is 0.327 e. The zero-order chi connectivity index (χ0) is 13.4. The molecule has 2 aromatic rings. The summed E-state index contributed by atoms with van der Waals surface area (Å²) in [6.07, 6.45) is 4.85. The molecule has 1 saturated carbocycles. The smallest absolute Gasteiger partial charge is 0.114 e. The van der Waals surface area contributed by atoms with Crippen LogP contribution in [0.5, 0.6) is 0 Å². The van der Waals surface area contributed by atoms with Gasteiger partial charge >= 0.3 is 0 Å². The van der Waals surface area contributed by atoms with Gasteiger partial charge in [0.1, 0.15) is 5.82 Å². The lowest BCUT2D eigenvalue weighted by Crippen LogP contribution is -2.33. The van der Waals surface area contributed by atoms with Crippen molar-refractivity contribution in [1.82, 2.24) is 9.55 Å². The third-order valence-electron chi connectivity index (χ3n) is 4.29. The van der Waals surface area contributed by atoms with E-state index in [2.05, 4.69) is 42.7 Å². The Morgan fingerprint density at radius 1 is 1.21 bits per heavy atom. The summed E-state index contributed by atoms with van der Waals surface area (Å²) in [6.45, 7) is 4.46. The number of benzene rings is 1. The Kier molecular flexibility index (Phi) is 3.31. The second kappa shape index (κ2) is 4.97. The molecule has 1 aliphatic carbocycles. The van der Waals surface area contributed by atoms with Crippen LogP contribution < -0.4 is 5.73 Å². The lowest BCUT2D eigenvalue weighted by atomic mass is 9.84. The second-order valence-corrected chi connectivity index (χ2v) is 5.98. The van der Waals surface area contributed by atoms with E-state index < -0.39 is 0 Å². The normalized spacial score (nSPS) is 24.2. The third kappa shape index (κ3) is 2.16. The molecule has 2 unspecified atom stereocenters. The van der Waals surface area contributed by atoms with Crippen LogP contribution in [0.4, 0.5) is 0 Å². The van der Waals surface area contributed by atoms with Crippen molar-refractivity contribution >= 4 is 11.0 Å². The lowest BCUT2D eigenvalue weighted by Gasteiger charge is -2.29. The highest BCUT2D eigenvalue weighted by Gasteiger charge is 2.28. The highest BCUT2D eigenvalue weighted by Crippen LogP contribution is 2.34. The maximum Gasteiger partial charge on any atom is 0.114 e. The monoisotopic (exact) mass is 257 g/mol. The van der Waals surface area contributed by atoms with E-state index in [1.165, 1.54) is 30.6 Å². The van der Waals surface area contributed by atoms with Gasteiger partial charge in [-0.05, 0) is 38.8 Å². The molecule has 1 heterocycles. The molecule has 0 bridgehead atoms. The molecule has 19 heavy (non-hydrogen) atoms. The summed E-state index contributed by atoms with van der Waals surface area (Å²) in [5.74, 6) is 1.62. The fraction of sp³-hybridized carbons (Fsp3) is 0.562. The molecule has 2 N–H and O–H groups in total. The van der Waals surface area contributed by atoms with Crippen molar-refractivity contribution in [2.75, 3.05) is 0 Å². The topological polar surface area (TPSA) is 43.8 Å². The predicted molar refractivity (Wildman–Crippen MR) is 79.3 cm³/mol. The lowest BCUT2D eigenvalue weighted by molar-refractivity contribution is 0.360. The summed E-state index contributed by atoms with van der Waals surface area (Å²) < 4.78 is 2.38. The molecular formula is C16H23N3. The average molecular weight is 257 g/mol. The molecule has 0 radical (unpaired) electrons. The fourth-order valence-corrected chi connectivity index (χ4v) is 3.35. The van der Waals surface area contributed by atoms with Gasteiger partial charge in [0, 0.05) is 18.0 Å². The Bertz CT molecular complexity index is 570. The summed E-state index contributed by atoms with van der Waals surface area (Å²) in [5, 5.41) is 0. The van der Waals surface area contributed by atoms with Crippen molar-refractivity contribution in [2.24, 2.45) is 5.73 Å². The standard InChI is InChI=1S/C16H23N3/c1-11(2)19-15-10-6-5-9-14(15)18-16(19)12-7-3-4-8-13(12)17/h5-6,9-13H,3-4,7-8,17H2,1-2H3. The number of imidazole rings is 1. The van der Waals surface area contributed by atoms with Gasteiger partial charge < -0.3 is 10.3 Å². The predicted octanol–water partition coefficient (Wildman–Crippen LogP) is 3.60. The molecule has 3 nitrogen and oxygen atoms in total. The number of fused-ring (bicyclic) bond motifs is 1. The number of nitrogens with two attached hydrogens (primary N) is 1. The zero-order valence-electron chi connectivity index (χ0n) is 11.8. The van der Waals surface area contributed by atoms with Crippen LogP contribution in [0.25, 0.3) is 11.0 Å². The molecular weight excluding hydrogens is 234 g/mol. The molecule has 3 rings (SSSR count). The van der Waals surface area contributed by atoms with Crippen LogP contribution in [-0.4, -0.2) is 15.6 Å². The molecule has 102 valence electrons. The number of hydrogen-bond acceptors (Lipinski definition) is 2. The van der Waals surface area contributed by atoms with E-state index in [1.54, 1.807) is 0 Å². The van der Waals surface area contributed by atoms with Crippen molar-refractivity contribution in [1.29, 1.82) is 0 Å². The van der Waals surface area contributed by atoms with Crippen molar-refractivity contribution in [3.63, 3.8) is 0 Å². The molecule has 0 aliphatic heterocycles. The quantitative estimate of drug-likeness (QED) is 0.893. The van der Waals surface area contributed by atoms with Gasteiger partial charge in [0.2, 0.25) is 0 Å². The number of para-hydroxylation sites is 2. The van der Waals surface area contributed by atoms with Crippen molar-refractivity contribution in [3.05, 3.63) is 30.1 Å². The Morgan fingerprint density at radius 2 is 1.95 bits per heavy atom. The van der Waals surface area contributed by atoms with E-state index in [4.69, 9.17) is 10.7 Å². The maximum absolute atomic E-state index is 6.35. The summed E-state index contributed by atoms with van der Waals surface area (Å²) in [6, 6.07) is 9.11. The van der Waals surface area contributed by atoms with Crippen LogP contribution in [0.3, 0.4) is 0 Å². The molecule has 0 spiro atoms. The zero-order valence-corrected chi connectivity index (χ0v) is 11.8. The Labute approximate surface area is 114 Å². The van der Waals surface area contributed by atoms with E-state index in [1.807, 2.05) is 0 Å². The van der Waals surface area contributed by atoms with E-state index in [-0.39, 0.29) is 6.04 Å². The highest BCUT2D eigenvalue weighted by atomic mass is 15.1. The van der Waals surface area contributed by atoms with Crippen LogP contribution in [-0.2, 0) is 0 Å². The van der Waals surface area contributed by atoms with Gasteiger partial charge in [0.05, 0.1) is 11.0 Å². The molecule has 1 aliphatic rings. The van der Waals surface area contributed by atoms with Gasteiger partial charge in [-0.1, -0.05) is 25.0 Å². The Hall–Kier alpha value is -1.35. The Morgan fingerprint density at radius 3 is 2.68 bits per heavy atom. The number of aromatic nitrogens is 2. The van der Waals surface area contributed by atoms with Gasteiger partial charge in [0.15, 0.2) is 0 Å². The Balaban J connectivity index is 2.14. The van der Waals surface area contributed by atoms with Gasteiger partial charge in [0.25, 0.3) is 0 Å². The molecule has 3 heteroatoms. The van der Waals surface area contributed by atoms with Crippen molar-refractivity contribution < 1.29 is 0 Å². The minimum Gasteiger partial charge on any atom is -0.327 e. The van der Waals surface area contributed by atoms with Gasteiger partial charge in [-0.25, -0.2) is 4.98 Å². The maximum atomic E-state index is 6.35. The molecule has 0 amide bonds. The first-order valence-corrected chi connectivity index (χ1v) is 7.41. The van der Waals surface area contributed by atoms with Gasteiger partial charge in [-0.3, -0.25) is 0 Å². The second-order valence-electron chi connectivity index (χ2n) is 5.98. The molecule has 1 aromatic carbocycles. The van der Waals surface area contributed by atoms with E-state index in [0.29, 0.717) is 12.0 Å². The number of hydrogen-bond donors (Lipinski definition) is 1. The number of nitrogens with zero attached hydrogens (tertiary/aromatic N) is 2. The molecule has 2 atom stereocenters. The number of rotatable bonds is 2. The average Bonchev–Trinajstić information content (AvgIpc) is 2.78. The first-order valence-electron chi connectivity index (χ1n) is 7.41. The fourth-order valence-electron chi connectivity index (χ4n) is 3.35. The highest BCUT2D eigenvalue weighted by molar-refractivity contribution is 5.76. The van der Waals surface area contributed by atoms with Gasteiger partial charge in [-0.2, -0.15) is 0 Å². The third-order valence-corrected chi connectivity index (χ3v) is 4.29. The van der Waals surface area contributed by atoms with Crippen LogP contribution in [0.1, 0.15) is 57.3 Å². The van der Waals surface area contributed by atoms with Crippen LogP contribution in [0.15, 0.2) is 24.3 Å². The van der Waals surface area contributed by atoms with Crippen LogP contribution >= 0.6 is 0 Å². The van der Waals surface area contributed by atoms with E-state index in [0.717, 1.165) is 11.9 Å². The first kappa shape index (κ1) is 12.7. The van der Waals surface area contributed by atoms with Crippen LogP contribution in [0, 0.1) is 0 Å². The van der Waals surface area contributed by atoms with Crippen molar-refractivity contribution in [3.8, 4) is 0 Å². The minimum absolute atomic E-state index is 0.267. The van der Waals surface area contributed by atoms with Gasteiger partial charge in [-0.15, -0.1) is 0 Å². The molecule has 0 saturated heterocycles. The van der Waals surface area contributed by atoms with E-state index in [9.17, 15) is 0 Å². The summed E-state index contributed by atoms with van der Waals surface area (Å²) in [7, 11) is 0. The summed E-state index contributed by atoms with van der Waals surface area (Å²) >= 11 is 0. The summed E-state index contributed by atoms with van der Waals surface area (Å²) in [5.41, 5.74) is 8.69. The van der Waals surface area contributed by atoms with E-state index >= 15 is 0 Å². The molecule has 1 aromatic heterocycles. The SMILES string of the molecule is CC(C)n1c(C2CCCCC2N)nc2ccccc21. The summed E-state index contributed by atoms with van der Waals surface area (Å²) in [4.78, 5) is 4.89. The minimum atomic E-state index is 0.267.